The first kappa shape index (κ1) is 18.4. The average Bonchev–Trinajstić information content (AvgIpc) is 2.85. The fourth-order valence-corrected chi connectivity index (χ4v) is 3.83. The van der Waals surface area contributed by atoms with Gasteiger partial charge in [-0.3, -0.25) is 9.59 Å². The number of hydrogen-bond acceptors (Lipinski definition) is 4. The maximum atomic E-state index is 13.7. The minimum atomic E-state index is -0.314. The predicted molar refractivity (Wildman–Crippen MR) is 106 cm³/mol. The van der Waals surface area contributed by atoms with Gasteiger partial charge >= 0.3 is 0 Å². The molecule has 2 aromatic carbocycles. The van der Waals surface area contributed by atoms with Crippen LogP contribution in [0, 0.1) is 5.82 Å². The third-order valence-electron chi connectivity index (χ3n) is 5.34. The summed E-state index contributed by atoms with van der Waals surface area (Å²) in [7, 11) is 1.93. The summed E-state index contributed by atoms with van der Waals surface area (Å²) in [5.41, 5.74) is 2.82. The number of benzene rings is 2. The molecule has 0 aromatic heterocycles. The van der Waals surface area contributed by atoms with Crippen LogP contribution in [0.25, 0.3) is 0 Å². The minimum Gasteiger partial charge on any atom is -0.372 e. The number of nitrogens with zero attached hydrogens (tertiary/aromatic N) is 2. The maximum Gasteiger partial charge on any atom is 0.254 e. The minimum absolute atomic E-state index is 0.0602. The van der Waals surface area contributed by atoms with Gasteiger partial charge in [0.1, 0.15) is 5.82 Å². The van der Waals surface area contributed by atoms with Crippen molar-refractivity contribution in [3.8, 4) is 0 Å². The molecule has 7 heteroatoms. The van der Waals surface area contributed by atoms with Crippen LogP contribution in [0.5, 0.6) is 0 Å². The smallest absolute Gasteiger partial charge is 0.254 e. The molecule has 2 heterocycles. The summed E-state index contributed by atoms with van der Waals surface area (Å²) in [5.74, 6) is -0.499. The molecule has 1 fully saturated rings. The molecule has 0 bridgehead atoms. The van der Waals surface area contributed by atoms with Crippen LogP contribution >= 0.6 is 0 Å². The molecule has 2 N–H and O–H groups in total. The SMILES string of the molecule is CN1CCC(=O)Nc2cc(C(=O)N3CCNCC3c3cccc(F)c3)ccc21. The van der Waals surface area contributed by atoms with Crippen LogP contribution in [-0.4, -0.2) is 49.9 Å². The number of piperazine rings is 1. The molecule has 2 aliphatic heterocycles. The largest absolute Gasteiger partial charge is 0.372 e. The number of halogens is 1. The zero-order valence-electron chi connectivity index (χ0n) is 15.7. The van der Waals surface area contributed by atoms with E-state index in [0.29, 0.717) is 43.9 Å². The Morgan fingerprint density at radius 2 is 2.04 bits per heavy atom. The monoisotopic (exact) mass is 382 g/mol. The molecular weight excluding hydrogens is 359 g/mol. The fourth-order valence-electron chi connectivity index (χ4n) is 3.83. The zero-order valence-corrected chi connectivity index (χ0v) is 15.7. The van der Waals surface area contributed by atoms with Gasteiger partial charge in [-0.1, -0.05) is 12.1 Å². The lowest BCUT2D eigenvalue weighted by molar-refractivity contribution is -0.115. The van der Waals surface area contributed by atoms with Gasteiger partial charge < -0.3 is 20.4 Å². The van der Waals surface area contributed by atoms with Crippen molar-refractivity contribution in [3.63, 3.8) is 0 Å². The van der Waals surface area contributed by atoms with E-state index in [2.05, 4.69) is 10.6 Å². The van der Waals surface area contributed by atoms with E-state index in [1.54, 1.807) is 23.1 Å². The Hall–Kier alpha value is -2.93. The molecule has 1 unspecified atom stereocenters. The van der Waals surface area contributed by atoms with Crippen LogP contribution in [0.1, 0.15) is 28.4 Å². The first-order valence-corrected chi connectivity index (χ1v) is 9.45. The zero-order chi connectivity index (χ0) is 19.7. The number of amides is 2. The molecule has 0 aliphatic carbocycles. The highest BCUT2D eigenvalue weighted by molar-refractivity contribution is 6.01. The van der Waals surface area contributed by atoms with Gasteiger partial charge in [0.05, 0.1) is 17.4 Å². The molecule has 2 aliphatic rings. The van der Waals surface area contributed by atoms with Gasteiger partial charge in [-0.15, -0.1) is 0 Å². The summed E-state index contributed by atoms with van der Waals surface area (Å²) in [5, 5.41) is 6.17. The lowest BCUT2D eigenvalue weighted by Gasteiger charge is -2.36. The third kappa shape index (κ3) is 3.57. The molecule has 6 nitrogen and oxygen atoms in total. The van der Waals surface area contributed by atoms with Crippen LogP contribution in [0.4, 0.5) is 15.8 Å². The second-order valence-electron chi connectivity index (χ2n) is 7.23. The number of nitrogens with one attached hydrogen (secondary N) is 2. The van der Waals surface area contributed by atoms with Crippen molar-refractivity contribution in [3.05, 3.63) is 59.4 Å². The Morgan fingerprint density at radius 3 is 2.86 bits per heavy atom. The highest BCUT2D eigenvalue weighted by Gasteiger charge is 2.29. The first-order chi connectivity index (χ1) is 13.5. The van der Waals surface area contributed by atoms with Crippen LogP contribution in [-0.2, 0) is 4.79 Å². The van der Waals surface area contributed by atoms with Gasteiger partial charge in [0.25, 0.3) is 5.91 Å². The van der Waals surface area contributed by atoms with Crippen LogP contribution in [0.3, 0.4) is 0 Å². The van der Waals surface area contributed by atoms with Crippen molar-refractivity contribution in [2.45, 2.75) is 12.5 Å². The fraction of sp³-hybridized carbons (Fsp3) is 0.333. The number of carbonyl (C=O) groups excluding carboxylic acids is 2. The highest BCUT2D eigenvalue weighted by atomic mass is 19.1. The lowest BCUT2D eigenvalue weighted by Crippen LogP contribution is -2.48. The number of rotatable bonds is 2. The van der Waals surface area contributed by atoms with E-state index in [-0.39, 0.29) is 23.7 Å². The van der Waals surface area contributed by atoms with Gasteiger partial charge in [-0.25, -0.2) is 4.39 Å². The summed E-state index contributed by atoms with van der Waals surface area (Å²) in [4.78, 5) is 29.0. The summed E-state index contributed by atoms with van der Waals surface area (Å²) < 4.78 is 13.7. The van der Waals surface area contributed by atoms with Gasteiger partial charge in [0, 0.05) is 45.2 Å². The Balaban J connectivity index is 1.65. The molecule has 1 saturated heterocycles. The van der Waals surface area contributed by atoms with Crippen molar-refractivity contribution >= 4 is 23.2 Å². The lowest BCUT2D eigenvalue weighted by atomic mass is 10.0. The van der Waals surface area contributed by atoms with E-state index in [1.807, 2.05) is 24.1 Å². The quantitative estimate of drug-likeness (QED) is 0.837. The van der Waals surface area contributed by atoms with Crippen molar-refractivity contribution in [1.82, 2.24) is 10.2 Å². The van der Waals surface area contributed by atoms with Gasteiger partial charge in [0.2, 0.25) is 5.91 Å². The summed E-state index contributed by atoms with van der Waals surface area (Å²) in [6.07, 6.45) is 0.411. The third-order valence-corrected chi connectivity index (χ3v) is 5.34. The molecule has 2 aromatic rings. The van der Waals surface area contributed by atoms with Crippen molar-refractivity contribution in [1.29, 1.82) is 0 Å². The van der Waals surface area contributed by atoms with Gasteiger partial charge in [-0.2, -0.15) is 0 Å². The molecule has 1 atom stereocenters. The molecule has 2 amide bonds. The van der Waals surface area contributed by atoms with Gasteiger partial charge in [-0.05, 0) is 35.9 Å². The Bertz CT molecular complexity index is 917. The van der Waals surface area contributed by atoms with Crippen LogP contribution in [0.15, 0.2) is 42.5 Å². The van der Waals surface area contributed by atoms with E-state index in [1.165, 1.54) is 12.1 Å². The van der Waals surface area contributed by atoms with E-state index in [0.717, 1.165) is 11.3 Å². The maximum absolute atomic E-state index is 13.7. The Kier molecular flexibility index (Phi) is 5.00. The summed E-state index contributed by atoms with van der Waals surface area (Å²) in [6.45, 7) is 2.41. The van der Waals surface area contributed by atoms with E-state index < -0.39 is 0 Å². The molecule has 0 spiro atoms. The molecule has 28 heavy (non-hydrogen) atoms. The van der Waals surface area contributed by atoms with E-state index >= 15 is 0 Å². The second-order valence-corrected chi connectivity index (χ2v) is 7.23. The van der Waals surface area contributed by atoms with E-state index in [9.17, 15) is 14.0 Å². The first-order valence-electron chi connectivity index (χ1n) is 9.45. The van der Waals surface area contributed by atoms with Crippen LogP contribution < -0.4 is 15.5 Å². The number of fused-ring (bicyclic) bond motifs is 1. The average molecular weight is 382 g/mol. The number of carbonyl (C=O) groups is 2. The highest BCUT2D eigenvalue weighted by Crippen LogP contribution is 2.31. The van der Waals surface area contributed by atoms with Crippen molar-refractivity contribution in [2.75, 3.05) is 43.4 Å². The van der Waals surface area contributed by atoms with E-state index in [4.69, 9.17) is 0 Å². The predicted octanol–water partition coefficient (Wildman–Crippen LogP) is 2.39. The van der Waals surface area contributed by atoms with Crippen LogP contribution in [0.2, 0.25) is 0 Å². The topological polar surface area (TPSA) is 64.7 Å². The molecule has 0 saturated carbocycles. The number of anilines is 2. The molecule has 146 valence electrons. The molecule has 4 rings (SSSR count). The molecule has 0 radical (unpaired) electrons. The summed E-state index contributed by atoms with van der Waals surface area (Å²) >= 11 is 0. The summed E-state index contributed by atoms with van der Waals surface area (Å²) in [6, 6.07) is 11.5. The van der Waals surface area contributed by atoms with Crippen molar-refractivity contribution < 1.29 is 14.0 Å². The number of hydrogen-bond donors (Lipinski definition) is 2. The Morgan fingerprint density at radius 1 is 1.18 bits per heavy atom. The second kappa shape index (κ2) is 7.59. The van der Waals surface area contributed by atoms with Crippen molar-refractivity contribution in [2.24, 2.45) is 0 Å². The Labute approximate surface area is 163 Å². The normalized spacial score (nSPS) is 19.6. The standard InChI is InChI=1S/C21H23FN4O2/c1-25-9-7-20(27)24-17-12-15(5-6-18(17)25)21(28)26-10-8-23-13-19(26)14-3-2-4-16(22)11-14/h2-6,11-12,19,23H,7-10,13H2,1H3,(H,24,27). The molecular formula is C21H23FN4O2. The van der Waals surface area contributed by atoms with Gasteiger partial charge in [0.15, 0.2) is 0 Å².